The molecular weight excluding hydrogens is 274 g/mol. The number of nitrogens with zero attached hydrogens (tertiary/aromatic N) is 1. The van der Waals surface area contributed by atoms with Crippen molar-refractivity contribution in [2.24, 2.45) is 5.41 Å². The summed E-state index contributed by atoms with van der Waals surface area (Å²) in [6.45, 7) is 3.17. The van der Waals surface area contributed by atoms with Crippen molar-refractivity contribution in [2.45, 2.75) is 13.8 Å². The predicted molar refractivity (Wildman–Crippen MR) is 66.2 cm³/mol. The number of benzene rings is 1. The first-order chi connectivity index (χ1) is 9.18. The standard InChI is InChI=1S/C12H14F2N2O4/c1-12(2,6-17)5-15-11(18)7-3-9(14)10(16(19)20)4-8(7)13/h3-4,17H,5-6H2,1-2H3,(H,15,18). The van der Waals surface area contributed by atoms with Gasteiger partial charge in [-0.1, -0.05) is 13.8 Å². The van der Waals surface area contributed by atoms with E-state index >= 15 is 0 Å². The second-order valence-electron chi connectivity index (χ2n) is 5.05. The number of aliphatic hydroxyl groups excluding tert-OH is 1. The molecule has 1 aromatic rings. The van der Waals surface area contributed by atoms with Gasteiger partial charge in [0.25, 0.3) is 5.91 Å². The van der Waals surface area contributed by atoms with Crippen LogP contribution in [-0.4, -0.2) is 29.1 Å². The number of halogens is 2. The summed E-state index contributed by atoms with van der Waals surface area (Å²) in [4.78, 5) is 21.0. The van der Waals surface area contributed by atoms with E-state index in [0.717, 1.165) is 0 Å². The van der Waals surface area contributed by atoms with Gasteiger partial charge in [0.2, 0.25) is 5.82 Å². The normalized spacial score (nSPS) is 11.2. The Bertz CT molecular complexity index is 547. The summed E-state index contributed by atoms with van der Waals surface area (Å²) in [5, 5.41) is 21.8. The second kappa shape index (κ2) is 5.91. The maximum Gasteiger partial charge on any atom is 0.307 e. The van der Waals surface area contributed by atoms with Crippen LogP contribution >= 0.6 is 0 Å². The Morgan fingerprint density at radius 1 is 1.40 bits per heavy atom. The molecule has 0 saturated heterocycles. The van der Waals surface area contributed by atoms with Crippen molar-refractivity contribution in [3.63, 3.8) is 0 Å². The van der Waals surface area contributed by atoms with Gasteiger partial charge in [-0.25, -0.2) is 4.39 Å². The van der Waals surface area contributed by atoms with Gasteiger partial charge >= 0.3 is 5.69 Å². The number of amides is 1. The average Bonchev–Trinajstić information content (AvgIpc) is 2.38. The third kappa shape index (κ3) is 3.70. The largest absolute Gasteiger partial charge is 0.396 e. The SMILES string of the molecule is CC(C)(CO)CNC(=O)c1cc(F)c([N+](=O)[O-])cc1F. The highest BCUT2D eigenvalue weighted by molar-refractivity contribution is 5.94. The van der Waals surface area contributed by atoms with Crippen LogP contribution in [0.2, 0.25) is 0 Å². The molecule has 0 aromatic heterocycles. The van der Waals surface area contributed by atoms with Crippen LogP contribution in [0, 0.1) is 27.2 Å². The van der Waals surface area contributed by atoms with Crippen LogP contribution in [0.15, 0.2) is 12.1 Å². The Hall–Kier alpha value is -2.09. The minimum Gasteiger partial charge on any atom is -0.396 e. The molecule has 0 bridgehead atoms. The van der Waals surface area contributed by atoms with Crippen LogP contribution in [-0.2, 0) is 0 Å². The first-order valence-electron chi connectivity index (χ1n) is 5.70. The average molecular weight is 288 g/mol. The molecule has 0 saturated carbocycles. The first-order valence-corrected chi connectivity index (χ1v) is 5.70. The molecule has 0 aliphatic rings. The lowest BCUT2D eigenvalue weighted by molar-refractivity contribution is -0.387. The molecule has 0 fully saturated rings. The Labute approximate surface area is 113 Å². The summed E-state index contributed by atoms with van der Waals surface area (Å²) in [6, 6.07) is 0.843. The number of carbonyl (C=O) groups excluding carboxylic acids is 1. The number of aliphatic hydroxyl groups is 1. The number of hydrogen-bond donors (Lipinski definition) is 2. The molecule has 1 aromatic carbocycles. The number of rotatable bonds is 5. The van der Waals surface area contributed by atoms with Crippen molar-refractivity contribution >= 4 is 11.6 Å². The fourth-order valence-electron chi connectivity index (χ4n) is 1.32. The lowest BCUT2D eigenvalue weighted by atomic mass is 9.95. The van der Waals surface area contributed by atoms with Crippen LogP contribution < -0.4 is 5.32 Å². The highest BCUT2D eigenvalue weighted by atomic mass is 19.1. The first kappa shape index (κ1) is 16.0. The van der Waals surface area contributed by atoms with E-state index in [-0.39, 0.29) is 13.2 Å². The van der Waals surface area contributed by atoms with Crippen molar-refractivity contribution in [1.82, 2.24) is 5.32 Å². The van der Waals surface area contributed by atoms with Gasteiger partial charge in [-0.3, -0.25) is 14.9 Å². The second-order valence-corrected chi connectivity index (χ2v) is 5.05. The van der Waals surface area contributed by atoms with E-state index in [1.165, 1.54) is 0 Å². The van der Waals surface area contributed by atoms with E-state index in [4.69, 9.17) is 5.11 Å². The van der Waals surface area contributed by atoms with E-state index in [9.17, 15) is 23.7 Å². The number of nitro benzene ring substituents is 1. The summed E-state index contributed by atoms with van der Waals surface area (Å²) in [6.07, 6.45) is 0. The summed E-state index contributed by atoms with van der Waals surface area (Å²) < 4.78 is 26.9. The summed E-state index contributed by atoms with van der Waals surface area (Å²) in [5.41, 5.74) is -2.28. The maximum atomic E-state index is 13.6. The molecule has 0 spiro atoms. The van der Waals surface area contributed by atoms with E-state index in [2.05, 4.69) is 5.32 Å². The fraction of sp³-hybridized carbons (Fsp3) is 0.417. The molecule has 0 aliphatic carbocycles. The molecule has 0 radical (unpaired) electrons. The molecule has 0 heterocycles. The topological polar surface area (TPSA) is 92.5 Å². The van der Waals surface area contributed by atoms with Crippen LogP contribution in [0.1, 0.15) is 24.2 Å². The zero-order valence-electron chi connectivity index (χ0n) is 10.9. The molecule has 110 valence electrons. The fourth-order valence-corrected chi connectivity index (χ4v) is 1.32. The lowest BCUT2D eigenvalue weighted by Gasteiger charge is -2.21. The van der Waals surface area contributed by atoms with Crippen LogP contribution in [0.25, 0.3) is 0 Å². The van der Waals surface area contributed by atoms with E-state index < -0.39 is 39.1 Å². The molecule has 0 atom stereocenters. The Morgan fingerprint density at radius 3 is 2.50 bits per heavy atom. The zero-order valence-corrected chi connectivity index (χ0v) is 10.9. The van der Waals surface area contributed by atoms with Crippen molar-refractivity contribution in [3.05, 3.63) is 39.4 Å². The van der Waals surface area contributed by atoms with Crippen molar-refractivity contribution in [2.75, 3.05) is 13.2 Å². The van der Waals surface area contributed by atoms with Crippen molar-refractivity contribution in [3.8, 4) is 0 Å². The molecule has 0 unspecified atom stereocenters. The minimum absolute atomic E-state index is 0.0420. The molecule has 1 rings (SSSR count). The maximum absolute atomic E-state index is 13.6. The monoisotopic (exact) mass is 288 g/mol. The smallest absolute Gasteiger partial charge is 0.307 e. The quantitative estimate of drug-likeness (QED) is 0.636. The van der Waals surface area contributed by atoms with Gasteiger partial charge in [0.1, 0.15) is 5.82 Å². The highest BCUT2D eigenvalue weighted by Crippen LogP contribution is 2.21. The summed E-state index contributed by atoms with van der Waals surface area (Å²) >= 11 is 0. The summed E-state index contributed by atoms with van der Waals surface area (Å²) in [7, 11) is 0. The molecule has 0 aliphatic heterocycles. The third-order valence-electron chi connectivity index (χ3n) is 2.63. The van der Waals surface area contributed by atoms with E-state index in [1.54, 1.807) is 13.8 Å². The molecule has 1 amide bonds. The van der Waals surface area contributed by atoms with Gasteiger partial charge in [-0.15, -0.1) is 0 Å². The van der Waals surface area contributed by atoms with Crippen LogP contribution in [0.3, 0.4) is 0 Å². The molecule has 2 N–H and O–H groups in total. The van der Waals surface area contributed by atoms with Crippen molar-refractivity contribution < 1.29 is 23.6 Å². The van der Waals surface area contributed by atoms with Gasteiger partial charge in [-0.2, -0.15) is 4.39 Å². The zero-order chi connectivity index (χ0) is 15.5. The number of hydrogen-bond acceptors (Lipinski definition) is 4. The predicted octanol–water partition coefficient (Wildman–Crippen LogP) is 1.62. The molecular formula is C12H14F2N2O4. The molecule has 8 heteroatoms. The number of nitrogens with one attached hydrogen (secondary N) is 1. The molecule has 20 heavy (non-hydrogen) atoms. The highest BCUT2D eigenvalue weighted by Gasteiger charge is 2.23. The van der Waals surface area contributed by atoms with E-state index in [0.29, 0.717) is 12.1 Å². The van der Waals surface area contributed by atoms with Gasteiger partial charge in [0.05, 0.1) is 16.6 Å². The summed E-state index contributed by atoms with van der Waals surface area (Å²) in [5.74, 6) is -3.38. The molecule has 6 nitrogen and oxygen atoms in total. The van der Waals surface area contributed by atoms with Gasteiger partial charge in [-0.05, 0) is 6.07 Å². The van der Waals surface area contributed by atoms with Crippen LogP contribution in [0.4, 0.5) is 14.5 Å². The lowest BCUT2D eigenvalue weighted by Crippen LogP contribution is -2.36. The third-order valence-corrected chi connectivity index (χ3v) is 2.63. The number of nitro groups is 1. The van der Waals surface area contributed by atoms with E-state index in [1.807, 2.05) is 0 Å². The Kier molecular flexibility index (Phi) is 4.72. The minimum atomic E-state index is -1.29. The number of carbonyl (C=O) groups is 1. The van der Waals surface area contributed by atoms with Gasteiger partial charge in [0.15, 0.2) is 0 Å². The van der Waals surface area contributed by atoms with Crippen LogP contribution in [0.5, 0.6) is 0 Å². The van der Waals surface area contributed by atoms with Gasteiger partial charge < -0.3 is 10.4 Å². The Balaban J connectivity index is 2.95. The van der Waals surface area contributed by atoms with Gasteiger partial charge in [0, 0.05) is 18.6 Å². The Morgan fingerprint density at radius 2 is 2.00 bits per heavy atom. The van der Waals surface area contributed by atoms with Crippen molar-refractivity contribution in [1.29, 1.82) is 0 Å².